The molecule has 1 atom stereocenters. The maximum atomic E-state index is 13.4. The number of ether oxygens (including phenoxy) is 1. The number of halogens is 2. The summed E-state index contributed by atoms with van der Waals surface area (Å²) in [5.41, 5.74) is 0.769. The Morgan fingerprint density at radius 3 is 3.06 bits per heavy atom. The SMILES string of the molecule is N#CC(O)c1c(Cl)c(F)cc2c1CCCO2. The van der Waals surface area contributed by atoms with Crippen LogP contribution in [0.5, 0.6) is 5.75 Å². The molecule has 1 N–H and O–H groups in total. The van der Waals surface area contributed by atoms with Gasteiger partial charge in [0.1, 0.15) is 11.6 Å². The van der Waals surface area contributed by atoms with Crippen LogP contribution < -0.4 is 4.74 Å². The Bertz CT molecular complexity index is 470. The molecular formula is C11H9ClFNO2. The van der Waals surface area contributed by atoms with Gasteiger partial charge in [0.2, 0.25) is 0 Å². The third-order valence-electron chi connectivity index (χ3n) is 2.55. The Balaban J connectivity index is 2.64. The number of fused-ring (bicyclic) bond motifs is 1. The Morgan fingerprint density at radius 2 is 2.38 bits per heavy atom. The van der Waals surface area contributed by atoms with Crippen LogP contribution in [-0.4, -0.2) is 11.7 Å². The molecule has 0 aromatic heterocycles. The standard InChI is InChI=1S/C11H9ClFNO2/c12-11-7(13)4-9-6(2-1-3-16-9)10(11)8(15)5-14/h4,8,15H,1-3H2. The molecule has 0 bridgehead atoms. The Labute approximate surface area is 97.0 Å². The van der Waals surface area contributed by atoms with Crippen molar-refractivity contribution in [1.29, 1.82) is 5.26 Å². The van der Waals surface area contributed by atoms with Crippen molar-refractivity contribution in [2.75, 3.05) is 6.61 Å². The van der Waals surface area contributed by atoms with Crippen molar-refractivity contribution < 1.29 is 14.2 Å². The van der Waals surface area contributed by atoms with Gasteiger partial charge in [-0.15, -0.1) is 0 Å². The molecule has 1 unspecified atom stereocenters. The van der Waals surface area contributed by atoms with Gasteiger partial charge >= 0.3 is 0 Å². The molecule has 5 heteroatoms. The summed E-state index contributed by atoms with van der Waals surface area (Å²) in [6, 6.07) is 2.85. The lowest BCUT2D eigenvalue weighted by molar-refractivity contribution is 0.229. The molecule has 16 heavy (non-hydrogen) atoms. The average Bonchev–Trinajstić information content (AvgIpc) is 2.30. The van der Waals surface area contributed by atoms with E-state index in [9.17, 15) is 9.50 Å². The van der Waals surface area contributed by atoms with Gasteiger partial charge < -0.3 is 9.84 Å². The normalized spacial score (nSPS) is 15.9. The number of aliphatic hydroxyl groups excluding tert-OH is 1. The monoisotopic (exact) mass is 241 g/mol. The quantitative estimate of drug-likeness (QED) is 0.768. The second-order valence-corrected chi connectivity index (χ2v) is 3.92. The molecule has 1 aromatic rings. The molecule has 3 nitrogen and oxygen atoms in total. The molecule has 84 valence electrons. The van der Waals surface area contributed by atoms with E-state index in [1.807, 2.05) is 0 Å². The maximum absolute atomic E-state index is 13.4. The largest absolute Gasteiger partial charge is 0.493 e. The summed E-state index contributed by atoms with van der Waals surface area (Å²) in [6.07, 6.45) is -0.0255. The average molecular weight is 242 g/mol. The molecule has 0 spiro atoms. The van der Waals surface area contributed by atoms with Gasteiger partial charge in [-0.1, -0.05) is 11.6 Å². The number of hydrogen-bond acceptors (Lipinski definition) is 3. The van der Waals surface area contributed by atoms with Crippen LogP contribution in [0.2, 0.25) is 5.02 Å². The van der Waals surface area contributed by atoms with Gasteiger partial charge in [0.05, 0.1) is 17.7 Å². The van der Waals surface area contributed by atoms with Gasteiger partial charge in [-0.25, -0.2) is 4.39 Å². The molecule has 0 radical (unpaired) electrons. The van der Waals surface area contributed by atoms with Crippen LogP contribution in [0.1, 0.15) is 23.7 Å². The van der Waals surface area contributed by atoms with E-state index in [2.05, 4.69) is 0 Å². The second-order valence-electron chi connectivity index (χ2n) is 3.55. The molecular weight excluding hydrogens is 233 g/mol. The summed E-state index contributed by atoms with van der Waals surface area (Å²) in [4.78, 5) is 0. The maximum Gasteiger partial charge on any atom is 0.167 e. The lowest BCUT2D eigenvalue weighted by atomic mass is 9.96. The highest BCUT2D eigenvalue weighted by Gasteiger charge is 2.24. The second kappa shape index (κ2) is 4.28. The van der Waals surface area contributed by atoms with Crippen LogP contribution in [-0.2, 0) is 6.42 Å². The first-order valence-electron chi connectivity index (χ1n) is 4.86. The van der Waals surface area contributed by atoms with E-state index in [0.29, 0.717) is 24.3 Å². The van der Waals surface area contributed by atoms with Crippen LogP contribution >= 0.6 is 11.6 Å². The van der Waals surface area contributed by atoms with Crippen molar-refractivity contribution in [3.05, 3.63) is 28.0 Å². The van der Waals surface area contributed by atoms with Crippen LogP contribution in [0.3, 0.4) is 0 Å². The van der Waals surface area contributed by atoms with Crippen molar-refractivity contribution in [1.82, 2.24) is 0 Å². The Hall–Kier alpha value is -1.31. The summed E-state index contributed by atoms with van der Waals surface area (Å²) in [7, 11) is 0. The highest BCUT2D eigenvalue weighted by molar-refractivity contribution is 6.31. The minimum absolute atomic E-state index is 0.138. The van der Waals surface area contributed by atoms with Crippen LogP contribution in [0, 0.1) is 17.1 Å². The molecule has 0 fully saturated rings. The first-order valence-corrected chi connectivity index (χ1v) is 5.24. The van der Waals surface area contributed by atoms with E-state index >= 15 is 0 Å². The van der Waals surface area contributed by atoms with E-state index in [-0.39, 0.29) is 10.6 Å². The predicted molar refractivity (Wildman–Crippen MR) is 55.8 cm³/mol. The summed E-state index contributed by atoms with van der Waals surface area (Å²) >= 11 is 5.76. The van der Waals surface area contributed by atoms with Gasteiger partial charge in [-0.3, -0.25) is 0 Å². The van der Waals surface area contributed by atoms with E-state index in [4.69, 9.17) is 21.6 Å². The molecule has 0 saturated heterocycles. The topological polar surface area (TPSA) is 53.2 Å². The zero-order valence-electron chi connectivity index (χ0n) is 8.33. The van der Waals surface area contributed by atoms with E-state index < -0.39 is 11.9 Å². The minimum atomic E-state index is -1.42. The van der Waals surface area contributed by atoms with Crippen LogP contribution in [0.15, 0.2) is 6.07 Å². The lowest BCUT2D eigenvalue weighted by Gasteiger charge is -2.22. The third-order valence-corrected chi connectivity index (χ3v) is 2.94. The highest BCUT2D eigenvalue weighted by Crippen LogP contribution is 2.37. The smallest absolute Gasteiger partial charge is 0.167 e. The van der Waals surface area contributed by atoms with Crippen molar-refractivity contribution in [3.8, 4) is 11.8 Å². The molecule has 0 aliphatic carbocycles. The predicted octanol–water partition coefficient (Wildman–Crippen LogP) is 2.36. The molecule has 1 aliphatic heterocycles. The fourth-order valence-electron chi connectivity index (χ4n) is 1.83. The van der Waals surface area contributed by atoms with Gasteiger partial charge in [0, 0.05) is 17.2 Å². The number of rotatable bonds is 1. The van der Waals surface area contributed by atoms with Crippen molar-refractivity contribution in [3.63, 3.8) is 0 Å². The molecule has 0 saturated carbocycles. The molecule has 1 aliphatic rings. The fraction of sp³-hybridized carbons (Fsp3) is 0.364. The number of hydrogen-bond donors (Lipinski definition) is 1. The molecule has 0 amide bonds. The van der Waals surface area contributed by atoms with Gasteiger partial charge in [0.15, 0.2) is 6.10 Å². The van der Waals surface area contributed by atoms with E-state index in [0.717, 1.165) is 6.42 Å². The zero-order chi connectivity index (χ0) is 11.7. The first kappa shape index (κ1) is 11.2. The fourth-order valence-corrected chi connectivity index (χ4v) is 2.10. The number of aliphatic hydroxyl groups is 1. The van der Waals surface area contributed by atoms with Gasteiger partial charge in [-0.05, 0) is 12.8 Å². The molecule has 1 heterocycles. The Morgan fingerprint density at radius 1 is 1.62 bits per heavy atom. The highest BCUT2D eigenvalue weighted by atomic mass is 35.5. The van der Waals surface area contributed by atoms with E-state index in [1.165, 1.54) is 6.07 Å². The summed E-state index contributed by atoms with van der Waals surface area (Å²) < 4.78 is 18.7. The summed E-state index contributed by atoms with van der Waals surface area (Å²) in [5, 5.41) is 18.0. The molecule has 2 rings (SSSR count). The van der Waals surface area contributed by atoms with Crippen molar-refractivity contribution in [2.45, 2.75) is 18.9 Å². The van der Waals surface area contributed by atoms with Crippen LogP contribution in [0.4, 0.5) is 4.39 Å². The summed E-state index contributed by atoms with van der Waals surface area (Å²) in [6.45, 7) is 0.510. The number of benzene rings is 1. The van der Waals surface area contributed by atoms with Crippen molar-refractivity contribution >= 4 is 11.6 Å². The van der Waals surface area contributed by atoms with E-state index in [1.54, 1.807) is 6.07 Å². The lowest BCUT2D eigenvalue weighted by Crippen LogP contribution is -2.13. The zero-order valence-corrected chi connectivity index (χ0v) is 9.09. The van der Waals surface area contributed by atoms with Gasteiger partial charge in [0.25, 0.3) is 0 Å². The minimum Gasteiger partial charge on any atom is -0.493 e. The van der Waals surface area contributed by atoms with Crippen molar-refractivity contribution in [2.24, 2.45) is 0 Å². The number of nitriles is 1. The number of nitrogens with zero attached hydrogens (tertiary/aromatic N) is 1. The summed E-state index contributed by atoms with van der Waals surface area (Å²) in [5.74, 6) is -0.302. The third kappa shape index (κ3) is 1.73. The van der Waals surface area contributed by atoms with Crippen LogP contribution in [0.25, 0.3) is 0 Å². The van der Waals surface area contributed by atoms with Gasteiger partial charge in [-0.2, -0.15) is 5.26 Å². The first-order chi connectivity index (χ1) is 7.65. The Kier molecular flexibility index (Phi) is 2.99. The molecule has 1 aromatic carbocycles.